The van der Waals surface area contributed by atoms with Crippen molar-refractivity contribution in [3.05, 3.63) is 65.7 Å². The molecule has 2 N–H and O–H groups in total. The number of nitrogens with zero attached hydrogens (tertiary/aromatic N) is 2. The van der Waals surface area contributed by atoms with E-state index in [-0.39, 0.29) is 48.0 Å². The number of piperidine rings is 1. The Labute approximate surface area is 253 Å². The van der Waals surface area contributed by atoms with E-state index in [0.29, 0.717) is 37.9 Å². The number of halogens is 1. The minimum absolute atomic E-state index is 0. The van der Waals surface area contributed by atoms with E-state index < -0.39 is 21.4 Å². The Kier molecular flexibility index (Phi) is 10.2. The zero-order valence-corrected chi connectivity index (χ0v) is 25.4. The summed E-state index contributed by atoms with van der Waals surface area (Å²) in [6, 6.07) is 15.5. The Bertz CT molecular complexity index is 1360. The molecule has 0 unspecified atom stereocenters. The molecule has 3 aliphatic rings. The van der Waals surface area contributed by atoms with Gasteiger partial charge in [-0.15, -0.1) is 12.4 Å². The van der Waals surface area contributed by atoms with Gasteiger partial charge in [-0.2, -0.15) is 0 Å². The number of rotatable bonds is 9. The fourth-order valence-corrected chi connectivity index (χ4v) is 6.63. The van der Waals surface area contributed by atoms with Gasteiger partial charge in [-0.25, -0.2) is 18.0 Å². The van der Waals surface area contributed by atoms with Gasteiger partial charge in [-0.3, -0.25) is 9.69 Å². The number of urea groups is 1. The molecule has 1 spiro atoms. The summed E-state index contributed by atoms with van der Waals surface area (Å²) in [5.74, 6) is -0.243. The Hall–Kier alpha value is -3.15. The quantitative estimate of drug-likeness (QED) is 0.404. The molecule has 5 rings (SSSR count). The lowest BCUT2D eigenvalue weighted by Crippen LogP contribution is -2.55. The maximum atomic E-state index is 13.4. The number of hydrogen-bond acceptors (Lipinski definition) is 7. The monoisotopic (exact) mass is 618 g/mol. The summed E-state index contributed by atoms with van der Waals surface area (Å²) in [6.45, 7) is 2.08. The number of benzene rings is 2. The number of alkyl carbamates (subject to hydrolysis) is 1. The summed E-state index contributed by atoms with van der Waals surface area (Å²) in [6.07, 6.45) is 6.45. The Morgan fingerprint density at radius 2 is 1.69 bits per heavy atom. The first kappa shape index (κ1) is 31.8. The van der Waals surface area contributed by atoms with Crippen molar-refractivity contribution in [3.63, 3.8) is 0 Å². The Morgan fingerprint density at radius 1 is 1.05 bits per heavy atom. The molecule has 4 amide bonds. The predicted octanol–water partition coefficient (Wildman–Crippen LogP) is 4.20. The number of carbonyl (C=O) groups excluding carboxylic acids is 3. The lowest BCUT2D eigenvalue weighted by Gasteiger charge is -2.37. The van der Waals surface area contributed by atoms with Crippen molar-refractivity contribution in [2.45, 2.75) is 74.1 Å². The van der Waals surface area contributed by atoms with Crippen molar-refractivity contribution in [3.8, 4) is 0 Å². The average molecular weight is 619 g/mol. The molecule has 12 heteroatoms. The van der Waals surface area contributed by atoms with Crippen LogP contribution in [-0.2, 0) is 25.9 Å². The van der Waals surface area contributed by atoms with E-state index in [2.05, 4.69) is 15.5 Å². The van der Waals surface area contributed by atoms with E-state index in [0.717, 1.165) is 44.0 Å². The number of sulfone groups is 1. The van der Waals surface area contributed by atoms with Crippen LogP contribution in [0.5, 0.6) is 0 Å². The molecule has 2 aromatic rings. The van der Waals surface area contributed by atoms with Gasteiger partial charge in [-0.05, 0) is 68.2 Å². The second kappa shape index (κ2) is 13.4. The molecule has 2 aromatic carbocycles. The van der Waals surface area contributed by atoms with Crippen LogP contribution < -0.4 is 10.6 Å². The first-order valence-electron chi connectivity index (χ1n) is 14.3. The standard InChI is InChI=1S/C30H38N4O6S.ClH/c1-41(38,39)25-13-11-22(12-14-25)21-34-27(35)30(32-28(34)36)16-19-33(20-17-30)18-15-26(23-7-3-2-4-8-23)31-29(37)40-24-9-5-6-10-24;/h2-4,7-8,11-14,24,26H,5-6,9-10,15-21H2,1H3,(H,31,37)(H,32,36);1H/t26-;/m0./s1. The van der Waals surface area contributed by atoms with E-state index >= 15 is 0 Å². The Balaban J connectivity index is 0.00000405. The van der Waals surface area contributed by atoms with Gasteiger partial charge in [0.15, 0.2) is 9.84 Å². The summed E-state index contributed by atoms with van der Waals surface area (Å²) in [5, 5.41) is 6.00. The summed E-state index contributed by atoms with van der Waals surface area (Å²) >= 11 is 0. The summed E-state index contributed by atoms with van der Waals surface area (Å²) in [4.78, 5) is 42.5. The van der Waals surface area contributed by atoms with Gasteiger partial charge in [-0.1, -0.05) is 42.5 Å². The van der Waals surface area contributed by atoms with E-state index in [9.17, 15) is 22.8 Å². The number of imide groups is 1. The lowest BCUT2D eigenvalue weighted by molar-refractivity contribution is -0.133. The number of amides is 4. The van der Waals surface area contributed by atoms with Gasteiger partial charge in [0.2, 0.25) is 0 Å². The molecular formula is C30H39ClN4O6S. The van der Waals surface area contributed by atoms with E-state index in [1.165, 1.54) is 17.0 Å². The van der Waals surface area contributed by atoms with Crippen LogP contribution in [0.2, 0.25) is 0 Å². The topological polar surface area (TPSA) is 125 Å². The minimum atomic E-state index is -3.32. The van der Waals surface area contributed by atoms with Gasteiger partial charge < -0.3 is 20.3 Å². The maximum Gasteiger partial charge on any atom is 0.407 e. The second-order valence-electron chi connectivity index (χ2n) is 11.4. The highest BCUT2D eigenvalue weighted by atomic mass is 35.5. The van der Waals surface area contributed by atoms with Crippen LogP contribution >= 0.6 is 12.4 Å². The molecule has 1 atom stereocenters. The molecule has 0 aromatic heterocycles. The van der Waals surface area contributed by atoms with Gasteiger partial charge in [0.05, 0.1) is 17.5 Å². The van der Waals surface area contributed by atoms with Crippen molar-refractivity contribution in [1.82, 2.24) is 20.4 Å². The smallest absolute Gasteiger partial charge is 0.407 e. The van der Waals surface area contributed by atoms with Gasteiger partial charge in [0, 0.05) is 25.9 Å². The summed E-state index contributed by atoms with van der Waals surface area (Å²) < 4.78 is 29.1. The molecule has 1 saturated carbocycles. The first-order chi connectivity index (χ1) is 19.6. The maximum absolute atomic E-state index is 13.4. The van der Waals surface area contributed by atoms with E-state index in [4.69, 9.17) is 4.74 Å². The van der Waals surface area contributed by atoms with Gasteiger partial charge >= 0.3 is 12.1 Å². The largest absolute Gasteiger partial charge is 0.446 e. The second-order valence-corrected chi connectivity index (χ2v) is 13.4. The molecule has 3 fully saturated rings. The zero-order chi connectivity index (χ0) is 29.0. The van der Waals surface area contributed by atoms with Crippen LogP contribution in [-0.4, -0.2) is 73.8 Å². The molecule has 2 aliphatic heterocycles. The summed E-state index contributed by atoms with van der Waals surface area (Å²) in [7, 11) is -3.32. The molecule has 0 bridgehead atoms. The highest BCUT2D eigenvalue weighted by molar-refractivity contribution is 7.90. The van der Waals surface area contributed by atoms with Crippen molar-refractivity contribution in [2.24, 2.45) is 0 Å². The molecule has 1 aliphatic carbocycles. The van der Waals surface area contributed by atoms with Crippen molar-refractivity contribution >= 4 is 40.3 Å². The van der Waals surface area contributed by atoms with Crippen LogP contribution in [0, 0.1) is 0 Å². The number of nitrogens with one attached hydrogen (secondary N) is 2. The minimum Gasteiger partial charge on any atom is -0.446 e. The number of carbonyl (C=O) groups is 3. The SMILES string of the molecule is CS(=O)(=O)c1ccc(CN2C(=O)NC3(CCN(CC[C@H](NC(=O)OC4CCCC4)c4ccccc4)CC3)C2=O)cc1.Cl. The Morgan fingerprint density at radius 3 is 2.31 bits per heavy atom. The van der Waals surface area contributed by atoms with Crippen LogP contribution in [0.15, 0.2) is 59.5 Å². The van der Waals surface area contributed by atoms with E-state index in [1.807, 2.05) is 30.3 Å². The van der Waals surface area contributed by atoms with Gasteiger partial charge in [0.25, 0.3) is 5.91 Å². The number of likely N-dealkylation sites (tertiary alicyclic amines) is 1. The van der Waals surface area contributed by atoms with Crippen molar-refractivity contribution in [1.29, 1.82) is 0 Å². The molecule has 2 saturated heterocycles. The highest BCUT2D eigenvalue weighted by Crippen LogP contribution is 2.31. The van der Waals surface area contributed by atoms with Crippen LogP contribution in [0.4, 0.5) is 9.59 Å². The predicted molar refractivity (Wildman–Crippen MR) is 160 cm³/mol. The van der Waals surface area contributed by atoms with Crippen molar-refractivity contribution < 1.29 is 27.5 Å². The zero-order valence-electron chi connectivity index (χ0n) is 23.8. The fraction of sp³-hybridized carbons (Fsp3) is 0.500. The third kappa shape index (κ3) is 7.43. The number of ether oxygens (including phenoxy) is 1. The molecule has 0 radical (unpaired) electrons. The van der Waals surface area contributed by atoms with Crippen LogP contribution in [0.3, 0.4) is 0 Å². The van der Waals surface area contributed by atoms with E-state index in [1.54, 1.807) is 12.1 Å². The fourth-order valence-electron chi connectivity index (χ4n) is 5.99. The van der Waals surface area contributed by atoms with Crippen LogP contribution in [0.1, 0.15) is 62.1 Å². The molecule has 228 valence electrons. The van der Waals surface area contributed by atoms with Crippen LogP contribution in [0.25, 0.3) is 0 Å². The average Bonchev–Trinajstić information content (AvgIpc) is 3.54. The van der Waals surface area contributed by atoms with Crippen molar-refractivity contribution in [2.75, 3.05) is 25.9 Å². The summed E-state index contributed by atoms with van der Waals surface area (Å²) in [5.41, 5.74) is 0.770. The molecule has 2 heterocycles. The lowest BCUT2D eigenvalue weighted by atomic mass is 9.87. The first-order valence-corrected chi connectivity index (χ1v) is 16.2. The third-order valence-electron chi connectivity index (χ3n) is 8.45. The molecule has 42 heavy (non-hydrogen) atoms. The third-order valence-corrected chi connectivity index (χ3v) is 9.58. The number of hydrogen-bond donors (Lipinski definition) is 2. The molecular weight excluding hydrogens is 580 g/mol. The molecule has 10 nitrogen and oxygen atoms in total. The normalized spacial score (nSPS) is 19.8. The highest BCUT2D eigenvalue weighted by Gasteiger charge is 2.52. The van der Waals surface area contributed by atoms with Gasteiger partial charge in [0.1, 0.15) is 11.6 Å².